The van der Waals surface area contributed by atoms with Gasteiger partial charge in [0.15, 0.2) is 0 Å². The van der Waals surface area contributed by atoms with Crippen molar-refractivity contribution in [1.29, 1.82) is 0 Å². The second-order valence-corrected chi connectivity index (χ2v) is 4.62. The predicted molar refractivity (Wildman–Crippen MR) is 67.9 cm³/mol. The molecule has 0 aliphatic carbocycles. The maximum Gasteiger partial charge on any atom is 0.416 e. The van der Waals surface area contributed by atoms with Gasteiger partial charge in [-0.05, 0) is 43.5 Å². The van der Waals surface area contributed by atoms with E-state index in [1.165, 1.54) is 6.07 Å². The number of anilines is 1. The summed E-state index contributed by atoms with van der Waals surface area (Å²) in [6, 6.07) is 3.72. The van der Waals surface area contributed by atoms with Gasteiger partial charge < -0.3 is 10.1 Å². The van der Waals surface area contributed by atoms with E-state index in [1.807, 2.05) is 6.08 Å². The number of aryl methyl sites for hydroxylation is 1. The fraction of sp³-hybridized carbons (Fsp3) is 0.429. The number of alkyl halides is 3. The van der Waals surface area contributed by atoms with Crippen molar-refractivity contribution >= 4 is 5.69 Å². The highest BCUT2D eigenvalue weighted by molar-refractivity contribution is 5.53. The summed E-state index contributed by atoms with van der Waals surface area (Å²) in [5.74, 6) is 0. The minimum atomic E-state index is -4.31. The molecule has 0 aromatic heterocycles. The summed E-state index contributed by atoms with van der Waals surface area (Å²) in [4.78, 5) is 0. The first-order chi connectivity index (χ1) is 8.97. The molecule has 1 atom stereocenters. The number of nitrogens with one attached hydrogen (secondary N) is 1. The van der Waals surface area contributed by atoms with Crippen LogP contribution in [0.3, 0.4) is 0 Å². The SMILES string of the molecule is Cc1ccc(C(F)(F)F)cc1NCC1CCC=CO1. The van der Waals surface area contributed by atoms with Crippen LogP contribution in [0.5, 0.6) is 0 Å². The largest absolute Gasteiger partial charge is 0.497 e. The highest BCUT2D eigenvalue weighted by Gasteiger charge is 2.30. The first-order valence-corrected chi connectivity index (χ1v) is 6.19. The van der Waals surface area contributed by atoms with Crippen LogP contribution in [-0.4, -0.2) is 12.6 Å². The van der Waals surface area contributed by atoms with Gasteiger partial charge in [-0.25, -0.2) is 0 Å². The fourth-order valence-corrected chi connectivity index (χ4v) is 1.95. The predicted octanol–water partition coefficient (Wildman–Crippen LogP) is 4.12. The van der Waals surface area contributed by atoms with Crippen molar-refractivity contribution in [1.82, 2.24) is 0 Å². The molecule has 104 valence electrons. The first-order valence-electron chi connectivity index (χ1n) is 6.19. The monoisotopic (exact) mass is 271 g/mol. The summed E-state index contributed by atoms with van der Waals surface area (Å²) < 4.78 is 43.3. The van der Waals surface area contributed by atoms with E-state index in [4.69, 9.17) is 4.74 Å². The van der Waals surface area contributed by atoms with Crippen LogP contribution in [0.4, 0.5) is 18.9 Å². The van der Waals surface area contributed by atoms with Crippen molar-refractivity contribution in [2.24, 2.45) is 0 Å². The standard InChI is InChI=1S/C14H16F3NO/c1-10-5-6-11(14(15,16)17)8-13(10)18-9-12-4-2-3-7-19-12/h3,5-8,12,18H,2,4,9H2,1H3. The Labute approximate surface area is 110 Å². The molecular formula is C14H16F3NO. The van der Waals surface area contributed by atoms with E-state index in [1.54, 1.807) is 13.2 Å². The molecule has 19 heavy (non-hydrogen) atoms. The molecule has 0 fully saturated rings. The number of hydrogen-bond donors (Lipinski definition) is 1. The van der Waals surface area contributed by atoms with Crippen LogP contribution in [0.2, 0.25) is 0 Å². The van der Waals surface area contributed by atoms with Crippen LogP contribution in [0.15, 0.2) is 30.5 Å². The molecule has 0 saturated heterocycles. The number of ether oxygens (including phenoxy) is 1. The molecule has 1 aliphatic rings. The van der Waals surface area contributed by atoms with Crippen molar-refractivity contribution in [3.05, 3.63) is 41.7 Å². The lowest BCUT2D eigenvalue weighted by atomic mass is 10.1. The van der Waals surface area contributed by atoms with Crippen molar-refractivity contribution < 1.29 is 17.9 Å². The molecule has 2 rings (SSSR count). The van der Waals surface area contributed by atoms with Gasteiger partial charge in [0, 0.05) is 5.69 Å². The van der Waals surface area contributed by atoms with E-state index in [9.17, 15) is 13.2 Å². The number of hydrogen-bond acceptors (Lipinski definition) is 2. The highest BCUT2D eigenvalue weighted by atomic mass is 19.4. The third-order valence-electron chi connectivity index (χ3n) is 3.11. The molecule has 1 aromatic carbocycles. The Bertz CT molecular complexity index is 468. The molecular weight excluding hydrogens is 255 g/mol. The number of rotatable bonds is 3. The van der Waals surface area contributed by atoms with Crippen LogP contribution in [0.25, 0.3) is 0 Å². The summed E-state index contributed by atoms with van der Waals surface area (Å²) in [6.07, 6.45) is 1.10. The van der Waals surface area contributed by atoms with Crippen LogP contribution >= 0.6 is 0 Å². The lowest BCUT2D eigenvalue weighted by molar-refractivity contribution is -0.137. The molecule has 5 heteroatoms. The second-order valence-electron chi connectivity index (χ2n) is 4.62. The van der Waals surface area contributed by atoms with Gasteiger partial charge in [-0.2, -0.15) is 13.2 Å². The Morgan fingerprint density at radius 2 is 2.16 bits per heavy atom. The van der Waals surface area contributed by atoms with Gasteiger partial charge in [0.1, 0.15) is 6.10 Å². The average molecular weight is 271 g/mol. The Morgan fingerprint density at radius 1 is 1.37 bits per heavy atom. The molecule has 0 radical (unpaired) electrons. The summed E-state index contributed by atoms with van der Waals surface area (Å²) in [5, 5.41) is 3.04. The van der Waals surface area contributed by atoms with Gasteiger partial charge in [0.05, 0.1) is 18.4 Å². The first kappa shape index (κ1) is 13.8. The third kappa shape index (κ3) is 3.66. The number of benzene rings is 1. The Hall–Kier alpha value is -1.65. The van der Waals surface area contributed by atoms with Crippen LogP contribution < -0.4 is 5.32 Å². The Kier molecular flexibility index (Phi) is 4.02. The normalized spacial score (nSPS) is 19.1. The van der Waals surface area contributed by atoms with Crippen LogP contribution in [0, 0.1) is 6.92 Å². The van der Waals surface area contributed by atoms with Gasteiger partial charge in [-0.1, -0.05) is 6.07 Å². The lowest BCUT2D eigenvalue weighted by Gasteiger charge is -2.21. The lowest BCUT2D eigenvalue weighted by Crippen LogP contribution is -2.23. The maximum absolute atomic E-state index is 12.6. The van der Waals surface area contributed by atoms with Gasteiger partial charge in [0.25, 0.3) is 0 Å². The van der Waals surface area contributed by atoms with E-state index in [0.29, 0.717) is 12.2 Å². The second kappa shape index (κ2) is 5.55. The zero-order valence-corrected chi connectivity index (χ0v) is 10.6. The highest BCUT2D eigenvalue weighted by Crippen LogP contribution is 2.32. The molecule has 0 amide bonds. The molecule has 0 spiro atoms. The van der Waals surface area contributed by atoms with Crippen molar-refractivity contribution in [2.45, 2.75) is 32.0 Å². The van der Waals surface area contributed by atoms with E-state index in [2.05, 4.69) is 5.32 Å². The topological polar surface area (TPSA) is 21.3 Å². The van der Waals surface area contributed by atoms with E-state index < -0.39 is 11.7 Å². The molecule has 1 aromatic rings. The number of allylic oxidation sites excluding steroid dienone is 1. The molecule has 0 saturated carbocycles. The van der Waals surface area contributed by atoms with Gasteiger partial charge in [0.2, 0.25) is 0 Å². The summed E-state index contributed by atoms with van der Waals surface area (Å²) in [6.45, 7) is 2.29. The summed E-state index contributed by atoms with van der Waals surface area (Å²) in [5.41, 5.74) is 0.664. The van der Waals surface area contributed by atoms with Crippen molar-refractivity contribution in [3.8, 4) is 0 Å². The summed E-state index contributed by atoms with van der Waals surface area (Å²) in [7, 11) is 0. The Morgan fingerprint density at radius 3 is 2.79 bits per heavy atom. The maximum atomic E-state index is 12.6. The molecule has 2 nitrogen and oxygen atoms in total. The van der Waals surface area contributed by atoms with Crippen molar-refractivity contribution in [3.63, 3.8) is 0 Å². The minimum Gasteiger partial charge on any atom is -0.497 e. The van der Waals surface area contributed by atoms with Gasteiger partial charge in [-0.15, -0.1) is 0 Å². The Balaban J connectivity index is 2.04. The van der Waals surface area contributed by atoms with Gasteiger partial charge >= 0.3 is 6.18 Å². The molecule has 1 aliphatic heterocycles. The zero-order chi connectivity index (χ0) is 13.9. The van der Waals surface area contributed by atoms with E-state index in [0.717, 1.165) is 30.5 Å². The van der Waals surface area contributed by atoms with Crippen LogP contribution in [-0.2, 0) is 10.9 Å². The minimum absolute atomic E-state index is 0.0129. The van der Waals surface area contributed by atoms with E-state index in [-0.39, 0.29) is 6.10 Å². The van der Waals surface area contributed by atoms with Crippen LogP contribution in [0.1, 0.15) is 24.0 Å². The molecule has 0 bridgehead atoms. The average Bonchev–Trinajstić information content (AvgIpc) is 2.37. The quantitative estimate of drug-likeness (QED) is 0.893. The molecule has 1 heterocycles. The van der Waals surface area contributed by atoms with E-state index >= 15 is 0 Å². The summed E-state index contributed by atoms with van der Waals surface area (Å²) >= 11 is 0. The number of halogens is 3. The van der Waals surface area contributed by atoms with Crippen molar-refractivity contribution in [2.75, 3.05) is 11.9 Å². The smallest absolute Gasteiger partial charge is 0.416 e. The van der Waals surface area contributed by atoms with Gasteiger partial charge in [-0.3, -0.25) is 0 Å². The molecule has 1 unspecified atom stereocenters. The fourth-order valence-electron chi connectivity index (χ4n) is 1.95. The third-order valence-corrected chi connectivity index (χ3v) is 3.11. The zero-order valence-electron chi connectivity index (χ0n) is 10.6. The molecule has 1 N–H and O–H groups in total.